The molecule has 2 heteroatoms. The minimum absolute atomic E-state index is 0.261. The molecule has 1 aromatic carbocycles. The third-order valence-corrected chi connectivity index (χ3v) is 6.06. The molecule has 0 nitrogen and oxygen atoms in total. The molecule has 0 saturated heterocycles. The number of alkyl halides is 1. The lowest BCUT2D eigenvalue weighted by Gasteiger charge is -2.19. The van der Waals surface area contributed by atoms with Gasteiger partial charge in [-0.1, -0.05) is 48.8 Å². The molecule has 1 saturated carbocycles. The van der Waals surface area contributed by atoms with Gasteiger partial charge in [0.25, 0.3) is 0 Å². The van der Waals surface area contributed by atoms with Crippen LogP contribution in [0.5, 0.6) is 0 Å². The third-order valence-electron chi connectivity index (χ3n) is 3.51. The first-order valence-electron chi connectivity index (χ1n) is 6.25. The number of thioether (sulfide) groups is 1. The third kappa shape index (κ3) is 3.51. The van der Waals surface area contributed by atoms with E-state index in [1.54, 1.807) is 0 Å². The van der Waals surface area contributed by atoms with Crippen molar-refractivity contribution in [2.75, 3.05) is 11.1 Å². The van der Waals surface area contributed by atoms with Gasteiger partial charge in [-0.3, -0.25) is 0 Å². The molecule has 0 unspecified atom stereocenters. The minimum atomic E-state index is 0.261. The summed E-state index contributed by atoms with van der Waals surface area (Å²) >= 11 is 5.64. The van der Waals surface area contributed by atoms with Gasteiger partial charge >= 0.3 is 0 Å². The largest absolute Gasteiger partial charge is 0.126 e. The number of hydrogen-bond acceptors (Lipinski definition) is 1. The molecular weight excluding hydrogens is 292 g/mol. The van der Waals surface area contributed by atoms with Crippen molar-refractivity contribution >= 4 is 27.7 Å². The van der Waals surface area contributed by atoms with Crippen molar-refractivity contribution in [3.05, 3.63) is 29.8 Å². The molecule has 1 aliphatic rings. The molecule has 0 aromatic heterocycles. The van der Waals surface area contributed by atoms with E-state index in [1.165, 1.54) is 29.1 Å². The zero-order valence-electron chi connectivity index (χ0n) is 10.9. The minimum Gasteiger partial charge on any atom is -0.126 e. The van der Waals surface area contributed by atoms with Gasteiger partial charge in [0.1, 0.15) is 0 Å². The van der Waals surface area contributed by atoms with Crippen molar-refractivity contribution in [3.63, 3.8) is 0 Å². The fourth-order valence-corrected chi connectivity index (χ4v) is 3.99. The molecular formula is C15H21BrS. The smallest absolute Gasteiger partial charge is 0.00959 e. The molecule has 0 aliphatic heterocycles. The maximum absolute atomic E-state index is 3.63. The van der Waals surface area contributed by atoms with Crippen LogP contribution in [0.2, 0.25) is 0 Å². The van der Waals surface area contributed by atoms with E-state index in [0.29, 0.717) is 5.41 Å². The van der Waals surface area contributed by atoms with Crippen LogP contribution in [0, 0.1) is 5.41 Å². The molecule has 0 atom stereocenters. The molecule has 0 heterocycles. The second-order valence-electron chi connectivity index (χ2n) is 6.20. The van der Waals surface area contributed by atoms with Gasteiger partial charge in [-0.05, 0) is 41.4 Å². The number of halogens is 1. The first-order valence-corrected chi connectivity index (χ1v) is 8.35. The summed E-state index contributed by atoms with van der Waals surface area (Å²) in [6.07, 6.45) is 2.79. The van der Waals surface area contributed by atoms with Crippen molar-refractivity contribution in [2.24, 2.45) is 5.41 Å². The van der Waals surface area contributed by atoms with Gasteiger partial charge in [0.15, 0.2) is 0 Å². The normalized spacial score (nSPS) is 18.1. The average Bonchev–Trinajstić information content (AvgIpc) is 3.06. The first-order chi connectivity index (χ1) is 7.95. The fraction of sp³-hybridized carbons (Fsp3) is 0.600. The number of hydrogen-bond donors (Lipinski definition) is 0. The Bertz CT molecular complexity index is 371. The summed E-state index contributed by atoms with van der Waals surface area (Å²) in [7, 11) is 0. The second-order valence-corrected chi connectivity index (χ2v) is 7.81. The molecule has 0 spiro atoms. The molecule has 0 radical (unpaired) electrons. The van der Waals surface area contributed by atoms with Crippen molar-refractivity contribution < 1.29 is 0 Å². The Hall–Kier alpha value is 0.0500. The van der Waals surface area contributed by atoms with Crippen LogP contribution in [0.1, 0.15) is 39.2 Å². The van der Waals surface area contributed by atoms with Crippen LogP contribution < -0.4 is 0 Å². The summed E-state index contributed by atoms with van der Waals surface area (Å²) in [4.78, 5) is 1.41. The Labute approximate surface area is 118 Å². The van der Waals surface area contributed by atoms with Gasteiger partial charge in [0, 0.05) is 16.0 Å². The van der Waals surface area contributed by atoms with Crippen LogP contribution in [0.25, 0.3) is 0 Å². The van der Waals surface area contributed by atoms with E-state index in [4.69, 9.17) is 0 Å². The van der Waals surface area contributed by atoms with Gasteiger partial charge in [-0.15, -0.1) is 11.8 Å². The lowest BCUT2D eigenvalue weighted by Crippen LogP contribution is -2.10. The van der Waals surface area contributed by atoms with Crippen molar-refractivity contribution in [1.29, 1.82) is 0 Å². The topological polar surface area (TPSA) is 0 Å². The summed E-state index contributed by atoms with van der Waals surface area (Å²) in [6, 6.07) is 9.09. The predicted octanol–water partition coefficient (Wildman–Crippen LogP) is 5.25. The molecule has 0 N–H and O–H groups in total. The van der Waals surface area contributed by atoms with E-state index in [0.717, 1.165) is 5.33 Å². The Morgan fingerprint density at radius 2 is 1.76 bits per heavy atom. The van der Waals surface area contributed by atoms with E-state index in [2.05, 4.69) is 61.0 Å². The Morgan fingerprint density at radius 1 is 1.18 bits per heavy atom. The van der Waals surface area contributed by atoms with E-state index in [1.807, 2.05) is 11.8 Å². The van der Waals surface area contributed by atoms with Gasteiger partial charge in [0.05, 0.1) is 0 Å². The predicted molar refractivity (Wildman–Crippen MR) is 81.3 cm³/mol. The highest BCUT2D eigenvalue weighted by Gasteiger charge is 2.41. The van der Waals surface area contributed by atoms with Gasteiger partial charge in [-0.2, -0.15) is 0 Å². The molecule has 0 amide bonds. The number of benzene rings is 1. The average molecular weight is 313 g/mol. The summed E-state index contributed by atoms with van der Waals surface area (Å²) in [5.41, 5.74) is 2.29. The van der Waals surface area contributed by atoms with Crippen LogP contribution in [-0.4, -0.2) is 11.1 Å². The Balaban J connectivity index is 1.94. The van der Waals surface area contributed by atoms with Gasteiger partial charge in [-0.25, -0.2) is 0 Å². The van der Waals surface area contributed by atoms with Crippen LogP contribution >= 0.6 is 27.7 Å². The highest BCUT2D eigenvalue weighted by atomic mass is 79.9. The van der Waals surface area contributed by atoms with Gasteiger partial charge in [0.2, 0.25) is 0 Å². The highest BCUT2D eigenvalue weighted by molar-refractivity contribution is 9.09. The quantitative estimate of drug-likeness (QED) is 0.540. The van der Waals surface area contributed by atoms with Crippen LogP contribution in [-0.2, 0) is 5.41 Å². The standard InChI is InChI=1S/C15H21BrS/c1-14(2,3)12-4-6-13(7-5-12)17-11-15(10-16)8-9-15/h4-7H,8-11H2,1-3H3. The van der Waals surface area contributed by atoms with Crippen molar-refractivity contribution in [1.82, 2.24) is 0 Å². The lowest BCUT2D eigenvalue weighted by atomic mass is 9.87. The van der Waals surface area contributed by atoms with E-state index in [9.17, 15) is 0 Å². The lowest BCUT2D eigenvalue weighted by molar-refractivity contribution is 0.589. The molecule has 1 aromatic rings. The summed E-state index contributed by atoms with van der Waals surface area (Å²) in [5.74, 6) is 1.26. The van der Waals surface area contributed by atoms with Crippen LogP contribution in [0.4, 0.5) is 0 Å². The fourth-order valence-electron chi connectivity index (χ4n) is 1.78. The molecule has 0 bridgehead atoms. The maximum atomic E-state index is 3.63. The zero-order chi connectivity index (χ0) is 12.5. The Kier molecular flexibility index (Phi) is 3.94. The summed E-state index contributed by atoms with van der Waals surface area (Å²) < 4.78 is 0. The van der Waals surface area contributed by atoms with E-state index >= 15 is 0 Å². The summed E-state index contributed by atoms with van der Waals surface area (Å²) in [6.45, 7) is 6.79. The second kappa shape index (κ2) is 4.97. The van der Waals surface area contributed by atoms with Crippen LogP contribution in [0.3, 0.4) is 0 Å². The highest BCUT2D eigenvalue weighted by Crippen LogP contribution is 2.50. The molecule has 94 valence electrons. The molecule has 1 aliphatic carbocycles. The maximum Gasteiger partial charge on any atom is 0.00959 e. The monoisotopic (exact) mass is 312 g/mol. The zero-order valence-corrected chi connectivity index (χ0v) is 13.3. The summed E-state index contributed by atoms with van der Waals surface area (Å²) in [5, 5.41) is 1.16. The van der Waals surface area contributed by atoms with Crippen LogP contribution in [0.15, 0.2) is 29.2 Å². The van der Waals surface area contributed by atoms with Crippen molar-refractivity contribution in [2.45, 2.75) is 43.9 Å². The first kappa shape index (κ1) is 13.5. The molecule has 1 fully saturated rings. The van der Waals surface area contributed by atoms with E-state index < -0.39 is 0 Å². The Morgan fingerprint density at radius 3 is 2.18 bits per heavy atom. The van der Waals surface area contributed by atoms with E-state index in [-0.39, 0.29) is 5.41 Å². The molecule has 2 rings (SSSR count). The van der Waals surface area contributed by atoms with Gasteiger partial charge < -0.3 is 0 Å². The SMILES string of the molecule is CC(C)(C)c1ccc(SCC2(CBr)CC2)cc1. The number of rotatable bonds is 4. The molecule has 17 heavy (non-hydrogen) atoms. The van der Waals surface area contributed by atoms with Crippen molar-refractivity contribution in [3.8, 4) is 0 Å².